The maximum atomic E-state index is 14.3. The summed E-state index contributed by atoms with van der Waals surface area (Å²) in [7, 11) is 0. The molecule has 0 radical (unpaired) electrons. The monoisotopic (exact) mass is 530 g/mol. The van der Waals surface area contributed by atoms with Crippen molar-refractivity contribution in [1.82, 2.24) is 20.3 Å². The highest BCUT2D eigenvalue weighted by Crippen LogP contribution is 2.27. The summed E-state index contributed by atoms with van der Waals surface area (Å²) in [6.07, 6.45) is 3.30. The summed E-state index contributed by atoms with van der Waals surface area (Å²) in [5.41, 5.74) is 1.28. The Kier molecular flexibility index (Phi) is 9.63. The number of rotatable bonds is 10. The number of carbonyl (C=O) groups excluding carboxylic acids is 2. The fraction of sp³-hybridized carbons (Fsp3) is 0.407. The molecule has 1 heterocycles. The lowest BCUT2D eigenvalue weighted by Crippen LogP contribution is -2.42. The highest BCUT2D eigenvalue weighted by molar-refractivity contribution is 6.30. The Labute approximate surface area is 221 Å². The standard InChI is InChI=1S/C27H32ClFN4O4/c1-5-36-25(34)20(17-33-13-12-30-32-33)15-22(31-26(35)37-27(2,3)4)14-18-6-8-19(9-7-18)23-16-21(28)10-11-24(23)29/h6-13,16,20,22H,5,14-15,17H2,1-4H3,(H,31,35). The quantitative estimate of drug-likeness (QED) is 0.350. The van der Waals surface area contributed by atoms with Crippen LogP contribution >= 0.6 is 11.6 Å². The van der Waals surface area contributed by atoms with E-state index in [1.54, 1.807) is 56.8 Å². The van der Waals surface area contributed by atoms with Gasteiger partial charge in [-0.25, -0.2) is 9.18 Å². The largest absolute Gasteiger partial charge is 0.466 e. The second-order valence-corrected chi connectivity index (χ2v) is 10.1. The van der Waals surface area contributed by atoms with Crippen LogP contribution in [0.5, 0.6) is 0 Å². The summed E-state index contributed by atoms with van der Waals surface area (Å²) < 4.78 is 26.6. The number of halogens is 2. The summed E-state index contributed by atoms with van der Waals surface area (Å²) in [5.74, 6) is -1.34. The number of nitrogens with one attached hydrogen (secondary N) is 1. The van der Waals surface area contributed by atoms with Crippen molar-refractivity contribution in [3.63, 3.8) is 0 Å². The molecule has 0 fully saturated rings. The lowest BCUT2D eigenvalue weighted by Gasteiger charge is -2.26. The smallest absolute Gasteiger partial charge is 0.407 e. The van der Waals surface area contributed by atoms with Crippen molar-refractivity contribution in [3.05, 3.63) is 71.3 Å². The first-order valence-electron chi connectivity index (χ1n) is 12.1. The highest BCUT2D eigenvalue weighted by Gasteiger charge is 2.28. The van der Waals surface area contributed by atoms with E-state index in [4.69, 9.17) is 21.1 Å². The van der Waals surface area contributed by atoms with Crippen LogP contribution in [-0.4, -0.2) is 45.3 Å². The lowest BCUT2D eigenvalue weighted by atomic mass is 9.94. The molecule has 0 aliphatic carbocycles. The molecule has 1 amide bonds. The van der Waals surface area contributed by atoms with E-state index in [1.165, 1.54) is 18.3 Å². The first-order chi connectivity index (χ1) is 17.5. The van der Waals surface area contributed by atoms with Gasteiger partial charge in [0.1, 0.15) is 11.4 Å². The van der Waals surface area contributed by atoms with Crippen LogP contribution in [0, 0.1) is 11.7 Å². The van der Waals surface area contributed by atoms with E-state index in [1.807, 2.05) is 12.1 Å². The number of hydrogen-bond donors (Lipinski definition) is 1. The summed E-state index contributed by atoms with van der Waals surface area (Å²) in [5, 5.41) is 11.1. The normalized spacial score (nSPS) is 13.0. The fourth-order valence-corrected chi connectivity index (χ4v) is 4.07. The van der Waals surface area contributed by atoms with Crippen molar-refractivity contribution >= 4 is 23.7 Å². The number of ether oxygens (including phenoxy) is 2. The zero-order valence-corrected chi connectivity index (χ0v) is 22.2. The highest BCUT2D eigenvalue weighted by atomic mass is 35.5. The molecule has 8 nitrogen and oxygen atoms in total. The van der Waals surface area contributed by atoms with Crippen molar-refractivity contribution in [2.45, 2.75) is 58.7 Å². The van der Waals surface area contributed by atoms with E-state index >= 15 is 0 Å². The number of hydrogen-bond acceptors (Lipinski definition) is 6. The predicted octanol–water partition coefficient (Wildman–Crippen LogP) is 5.44. The van der Waals surface area contributed by atoms with Gasteiger partial charge in [0.15, 0.2) is 0 Å². The fourth-order valence-electron chi connectivity index (χ4n) is 3.90. The van der Waals surface area contributed by atoms with E-state index < -0.39 is 23.7 Å². The molecule has 2 unspecified atom stereocenters. The molecule has 0 aliphatic heterocycles. The Hall–Kier alpha value is -3.46. The van der Waals surface area contributed by atoms with E-state index in [2.05, 4.69) is 15.6 Å². The van der Waals surface area contributed by atoms with Crippen LogP contribution in [0.15, 0.2) is 54.9 Å². The summed E-state index contributed by atoms with van der Waals surface area (Å²) >= 11 is 6.04. The predicted molar refractivity (Wildman–Crippen MR) is 138 cm³/mol. The Morgan fingerprint density at radius 2 is 1.89 bits per heavy atom. The molecule has 3 rings (SSSR count). The number of carbonyl (C=O) groups is 2. The second kappa shape index (κ2) is 12.7. The summed E-state index contributed by atoms with van der Waals surface area (Å²) in [6, 6.07) is 11.3. The van der Waals surface area contributed by atoms with Gasteiger partial charge < -0.3 is 14.8 Å². The van der Waals surface area contributed by atoms with Crippen molar-refractivity contribution in [2.24, 2.45) is 5.92 Å². The molecule has 0 saturated carbocycles. The van der Waals surface area contributed by atoms with Crippen LogP contribution in [-0.2, 0) is 27.2 Å². The summed E-state index contributed by atoms with van der Waals surface area (Å²) in [6.45, 7) is 7.56. The molecule has 0 saturated heterocycles. The molecule has 1 N–H and O–H groups in total. The van der Waals surface area contributed by atoms with Crippen LogP contribution in [0.25, 0.3) is 11.1 Å². The molecule has 3 aromatic rings. The topological polar surface area (TPSA) is 95.3 Å². The van der Waals surface area contributed by atoms with Gasteiger partial charge in [-0.3, -0.25) is 9.48 Å². The third-order valence-electron chi connectivity index (χ3n) is 5.46. The lowest BCUT2D eigenvalue weighted by molar-refractivity contribution is -0.149. The van der Waals surface area contributed by atoms with E-state index in [-0.39, 0.29) is 31.4 Å². The summed E-state index contributed by atoms with van der Waals surface area (Å²) in [4.78, 5) is 25.4. The third kappa shape index (κ3) is 8.86. The van der Waals surface area contributed by atoms with Gasteiger partial charge in [-0.05, 0) is 69.9 Å². The van der Waals surface area contributed by atoms with Gasteiger partial charge in [-0.15, -0.1) is 5.10 Å². The minimum atomic E-state index is -0.682. The number of alkyl carbamates (subject to hydrolysis) is 1. The van der Waals surface area contributed by atoms with Crippen LogP contribution < -0.4 is 5.32 Å². The first kappa shape index (κ1) is 28.1. The molecular formula is C27H32ClFN4O4. The Morgan fingerprint density at radius 1 is 1.16 bits per heavy atom. The zero-order valence-electron chi connectivity index (χ0n) is 21.4. The Morgan fingerprint density at radius 3 is 2.51 bits per heavy atom. The van der Waals surface area contributed by atoms with Crippen molar-refractivity contribution in [1.29, 1.82) is 0 Å². The van der Waals surface area contributed by atoms with E-state index in [0.29, 0.717) is 22.6 Å². The van der Waals surface area contributed by atoms with Crippen LogP contribution in [0.4, 0.5) is 9.18 Å². The van der Waals surface area contributed by atoms with Crippen molar-refractivity contribution in [2.75, 3.05) is 6.61 Å². The maximum Gasteiger partial charge on any atom is 0.407 e. The molecule has 2 atom stereocenters. The Balaban J connectivity index is 1.82. The van der Waals surface area contributed by atoms with Gasteiger partial charge >= 0.3 is 12.1 Å². The molecule has 0 spiro atoms. The number of esters is 1. The average Bonchev–Trinajstić information content (AvgIpc) is 3.33. The number of benzene rings is 2. The molecule has 10 heteroatoms. The van der Waals surface area contributed by atoms with Crippen LogP contribution in [0.3, 0.4) is 0 Å². The van der Waals surface area contributed by atoms with Crippen LogP contribution in [0.2, 0.25) is 5.02 Å². The number of nitrogens with zero attached hydrogens (tertiary/aromatic N) is 3. The van der Waals surface area contributed by atoms with Gasteiger partial charge in [0.05, 0.1) is 25.3 Å². The molecule has 1 aromatic heterocycles. The zero-order chi connectivity index (χ0) is 27.0. The second-order valence-electron chi connectivity index (χ2n) is 9.68. The molecular weight excluding hydrogens is 499 g/mol. The van der Waals surface area contributed by atoms with Crippen molar-refractivity contribution < 1.29 is 23.5 Å². The van der Waals surface area contributed by atoms with Gasteiger partial charge in [0.2, 0.25) is 0 Å². The number of amides is 1. The minimum absolute atomic E-state index is 0.234. The number of aromatic nitrogens is 3. The Bertz CT molecular complexity index is 1180. The molecule has 0 aliphatic rings. The van der Waals surface area contributed by atoms with Crippen LogP contribution in [0.1, 0.15) is 39.7 Å². The molecule has 0 bridgehead atoms. The minimum Gasteiger partial charge on any atom is -0.466 e. The molecule has 198 valence electrons. The van der Waals surface area contributed by atoms with Gasteiger partial charge in [-0.2, -0.15) is 0 Å². The van der Waals surface area contributed by atoms with Gasteiger partial charge in [0.25, 0.3) is 0 Å². The third-order valence-corrected chi connectivity index (χ3v) is 5.70. The molecule has 37 heavy (non-hydrogen) atoms. The van der Waals surface area contributed by atoms with E-state index in [0.717, 1.165) is 5.56 Å². The average molecular weight is 531 g/mol. The van der Waals surface area contributed by atoms with Gasteiger partial charge in [-0.1, -0.05) is 41.1 Å². The molecule has 2 aromatic carbocycles. The van der Waals surface area contributed by atoms with Crippen molar-refractivity contribution in [3.8, 4) is 11.1 Å². The van der Waals surface area contributed by atoms with Gasteiger partial charge in [0, 0.05) is 22.8 Å². The van der Waals surface area contributed by atoms with E-state index in [9.17, 15) is 14.0 Å². The SMILES string of the molecule is CCOC(=O)C(CC(Cc1ccc(-c2cc(Cl)ccc2F)cc1)NC(=O)OC(C)(C)C)Cn1ccnn1. The first-order valence-corrected chi connectivity index (χ1v) is 12.5. The maximum absolute atomic E-state index is 14.3.